The van der Waals surface area contributed by atoms with Crippen LogP contribution in [0.1, 0.15) is 31.9 Å². The van der Waals surface area contributed by atoms with Crippen molar-refractivity contribution in [2.45, 2.75) is 27.4 Å². The molecule has 1 aliphatic heterocycles. The highest BCUT2D eigenvalue weighted by atomic mass is 32.1. The molecule has 0 atom stereocenters. The molecule has 0 saturated carbocycles. The summed E-state index contributed by atoms with van der Waals surface area (Å²) in [5, 5.41) is 4.87. The van der Waals surface area contributed by atoms with Crippen molar-refractivity contribution < 1.29 is 19.0 Å². The molecule has 6 heteroatoms. The van der Waals surface area contributed by atoms with Crippen molar-refractivity contribution in [2.75, 3.05) is 18.5 Å². The maximum Gasteiger partial charge on any atom is 0.265 e. The van der Waals surface area contributed by atoms with Crippen LogP contribution in [0.4, 0.5) is 5.69 Å². The Kier molecular flexibility index (Phi) is 5.45. The van der Waals surface area contributed by atoms with Gasteiger partial charge in [-0.05, 0) is 55.5 Å². The van der Waals surface area contributed by atoms with E-state index in [-0.39, 0.29) is 5.91 Å². The highest BCUT2D eigenvalue weighted by molar-refractivity contribution is 7.12. The third-order valence-electron chi connectivity index (χ3n) is 4.67. The standard InChI is InChI=1S/C23H23NO4S/c1-14-8-15(2)22(16(3)9-14)28-12-17-10-21(29-13-17)23(25)24-18-4-5-19-20(11-18)27-7-6-26-19/h4-5,8-11,13H,6-7,12H2,1-3H3,(H,24,25). The molecular formula is C23H23NO4S. The van der Waals surface area contributed by atoms with Crippen molar-refractivity contribution in [3.63, 3.8) is 0 Å². The van der Waals surface area contributed by atoms with E-state index < -0.39 is 0 Å². The lowest BCUT2D eigenvalue weighted by Crippen LogP contribution is -2.16. The van der Waals surface area contributed by atoms with Crippen LogP contribution in [0.2, 0.25) is 0 Å². The second-order valence-electron chi connectivity index (χ2n) is 7.15. The van der Waals surface area contributed by atoms with Gasteiger partial charge < -0.3 is 19.5 Å². The number of carbonyl (C=O) groups is 1. The van der Waals surface area contributed by atoms with Crippen molar-refractivity contribution in [3.05, 3.63) is 68.9 Å². The largest absolute Gasteiger partial charge is 0.488 e. The van der Waals surface area contributed by atoms with E-state index in [0.29, 0.717) is 41.9 Å². The SMILES string of the molecule is Cc1cc(C)c(OCc2csc(C(=O)Nc3ccc4c(c3)OCCO4)c2)c(C)c1. The number of amides is 1. The van der Waals surface area contributed by atoms with Crippen LogP contribution >= 0.6 is 11.3 Å². The first kappa shape index (κ1) is 19.3. The molecule has 0 bridgehead atoms. The van der Waals surface area contributed by atoms with Crippen molar-refractivity contribution >= 4 is 22.9 Å². The average Bonchev–Trinajstić information content (AvgIpc) is 3.16. The van der Waals surface area contributed by atoms with E-state index in [9.17, 15) is 4.79 Å². The Hall–Kier alpha value is -2.99. The smallest absolute Gasteiger partial charge is 0.265 e. The van der Waals surface area contributed by atoms with Crippen molar-refractivity contribution in [3.8, 4) is 17.2 Å². The lowest BCUT2D eigenvalue weighted by molar-refractivity contribution is 0.103. The molecule has 2 aromatic carbocycles. The summed E-state index contributed by atoms with van der Waals surface area (Å²) in [5.74, 6) is 2.11. The fourth-order valence-electron chi connectivity index (χ4n) is 3.43. The zero-order chi connectivity index (χ0) is 20.4. The van der Waals surface area contributed by atoms with E-state index in [4.69, 9.17) is 14.2 Å². The van der Waals surface area contributed by atoms with Crippen molar-refractivity contribution in [1.29, 1.82) is 0 Å². The van der Waals surface area contributed by atoms with Crippen LogP contribution in [0.15, 0.2) is 41.8 Å². The summed E-state index contributed by atoms with van der Waals surface area (Å²) in [6, 6.07) is 11.5. The normalized spacial score (nSPS) is 12.5. The van der Waals surface area contributed by atoms with Gasteiger partial charge >= 0.3 is 0 Å². The Morgan fingerprint density at radius 2 is 1.76 bits per heavy atom. The van der Waals surface area contributed by atoms with Crippen LogP contribution < -0.4 is 19.5 Å². The van der Waals surface area contributed by atoms with Crippen LogP contribution in [0.5, 0.6) is 17.2 Å². The number of ether oxygens (including phenoxy) is 3. The van der Waals surface area contributed by atoms with Crippen LogP contribution in [0, 0.1) is 20.8 Å². The second kappa shape index (κ2) is 8.17. The number of thiophene rings is 1. The number of nitrogens with one attached hydrogen (secondary N) is 1. The molecular weight excluding hydrogens is 386 g/mol. The molecule has 0 aliphatic carbocycles. The molecule has 1 N–H and O–H groups in total. The predicted molar refractivity (Wildman–Crippen MR) is 115 cm³/mol. The summed E-state index contributed by atoms with van der Waals surface area (Å²) in [6.45, 7) is 7.66. The van der Waals surface area contributed by atoms with E-state index in [1.54, 1.807) is 6.07 Å². The summed E-state index contributed by atoms with van der Waals surface area (Å²) >= 11 is 1.40. The minimum atomic E-state index is -0.152. The van der Waals surface area contributed by atoms with Gasteiger partial charge in [-0.1, -0.05) is 17.7 Å². The van der Waals surface area contributed by atoms with E-state index in [0.717, 1.165) is 22.4 Å². The molecule has 5 nitrogen and oxygen atoms in total. The number of aryl methyl sites for hydroxylation is 3. The molecule has 3 aromatic rings. The van der Waals surface area contributed by atoms with Gasteiger partial charge in [-0.2, -0.15) is 0 Å². The van der Waals surface area contributed by atoms with Crippen molar-refractivity contribution in [2.24, 2.45) is 0 Å². The first-order chi connectivity index (χ1) is 14.0. The zero-order valence-electron chi connectivity index (χ0n) is 16.7. The number of hydrogen-bond donors (Lipinski definition) is 1. The Bertz CT molecular complexity index is 1030. The highest BCUT2D eigenvalue weighted by Crippen LogP contribution is 2.33. The third-order valence-corrected chi connectivity index (χ3v) is 5.64. The lowest BCUT2D eigenvalue weighted by atomic mass is 10.1. The molecule has 1 aromatic heterocycles. The maximum absolute atomic E-state index is 12.6. The monoisotopic (exact) mass is 409 g/mol. The van der Waals surface area contributed by atoms with Gasteiger partial charge in [0.25, 0.3) is 5.91 Å². The molecule has 1 aliphatic rings. The van der Waals surface area contributed by atoms with E-state index in [1.807, 2.05) is 23.6 Å². The zero-order valence-corrected chi connectivity index (χ0v) is 17.5. The van der Waals surface area contributed by atoms with E-state index in [1.165, 1.54) is 16.9 Å². The van der Waals surface area contributed by atoms with Gasteiger partial charge in [0.15, 0.2) is 11.5 Å². The molecule has 150 valence electrons. The molecule has 29 heavy (non-hydrogen) atoms. The summed E-state index contributed by atoms with van der Waals surface area (Å²) in [4.78, 5) is 13.2. The topological polar surface area (TPSA) is 56.8 Å². The Labute approximate surface area is 174 Å². The lowest BCUT2D eigenvalue weighted by Gasteiger charge is -2.18. The predicted octanol–water partition coefficient (Wildman–Crippen LogP) is 5.28. The van der Waals surface area contributed by atoms with Crippen molar-refractivity contribution in [1.82, 2.24) is 0 Å². The third kappa shape index (κ3) is 4.38. The number of fused-ring (bicyclic) bond motifs is 1. The minimum Gasteiger partial charge on any atom is -0.488 e. The summed E-state index contributed by atoms with van der Waals surface area (Å²) in [5.41, 5.74) is 5.11. The van der Waals surface area contributed by atoms with E-state index in [2.05, 4.69) is 38.2 Å². The Balaban J connectivity index is 1.40. The van der Waals surface area contributed by atoms with Crippen LogP contribution in [-0.4, -0.2) is 19.1 Å². The quantitative estimate of drug-likeness (QED) is 0.623. The van der Waals surface area contributed by atoms with Crippen LogP contribution in [0.25, 0.3) is 0 Å². The van der Waals surface area contributed by atoms with Gasteiger partial charge in [0.1, 0.15) is 25.6 Å². The highest BCUT2D eigenvalue weighted by Gasteiger charge is 2.15. The Morgan fingerprint density at radius 3 is 2.52 bits per heavy atom. The number of rotatable bonds is 5. The molecule has 0 radical (unpaired) electrons. The number of anilines is 1. The van der Waals surface area contributed by atoms with Gasteiger partial charge in [-0.15, -0.1) is 11.3 Å². The van der Waals surface area contributed by atoms with E-state index >= 15 is 0 Å². The van der Waals surface area contributed by atoms with Gasteiger partial charge in [0.2, 0.25) is 0 Å². The van der Waals surface area contributed by atoms with Gasteiger partial charge in [-0.3, -0.25) is 4.79 Å². The first-order valence-electron chi connectivity index (χ1n) is 9.48. The number of benzene rings is 2. The van der Waals surface area contributed by atoms with Gasteiger partial charge in [-0.25, -0.2) is 0 Å². The van der Waals surface area contributed by atoms with Crippen LogP contribution in [-0.2, 0) is 6.61 Å². The first-order valence-corrected chi connectivity index (χ1v) is 10.4. The summed E-state index contributed by atoms with van der Waals surface area (Å²) in [6.07, 6.45) is 0. The Morgan fingerprint density at radius 1 is 1.03 bits per heavy atom. The van der Waals surface area contributed by atoms with Gasteiger partial charge in [0, 0.05) is 17.3 Å². The number of hydrogen-bond acceptors (Lipinski definition) is 5. The molecule has 1 amide bonds. The average molecular weight is 410 g/mol. The molecule has 4 rings (SSSR count). The summed E-state index contributed by atoms with van der Waals surface area (Å²) < 4.78 is 17.1. The fourth-order valence-corrected chi connectivity index (χ4v) is 4.23. The molecule has 0 spiro atoms. The minimum absolute atomic E-state index is 0.152. The summed E-state index contributed by atoms with van der Waals surface area (Å²) in [7, 11) is 0. The molecule has 2 heterocycles. The maximum atomic E-state index is 12.6. The second-order valence-corrected chi connectivity index (χ2v) is 8.06. The molecule has 0 fully saturated rings. The fraction of sp³-hybridized carbons (Fsp3) is 0.261. The molecule has 0 saturated heterocycles. The number of carbonyl (C=O) groups excluding carboxylic acids is 1. The van der Waals surface area contributed by atoms with Crippen LogP contribution in [0.3, 0.4) is 0 Å². The molecule has 0 unspecified atom stereocenters. The van der Waals surface area contributed by atoms with Gasteiger partial charge in [0.05, 0.1) is 4.88 Å².